The van der Waals surface area contributed by atoms with Crippen molar-refractivity contribution in [3.8, 4) is 0 Å². The second kappa shape index (κ2) is 7.94. The van der Waals surface area contributed by atoms with Crippen LogP contribution in [0.5, 0.6) is 0 Å². The summed E-state index contributed by atoms with van der Waals surface area (Å²) in [5.41, 5.74) is 0.790. The van der Waals surface area contributed by atoms with Crippen LogP contribution in [0, 0.1) is 0 Å². The van der Waals surface area contributed by atoms with Crippen molar-refractivity contribution in [1.29, 1.82) is 0 Å². The molecule has 1 N–H and O–H groups in total. The van der Waals surface area contributed by atoms with Gasteiger partial charge in [0, 0.05) is 24.1 Å². The predicted octanol–water partition coefficient (Wildman–Crippen LogP) is 3.79. The van der Waals surface area contributed by atoms with Gasteiger partial charge in [-0.15, -0.1) is 0 Å². The number of rotatable bonds is 7. The molecule has 1 unspecified atom stereocenters. The van der Waals surface area contributed by atoms with Crippen molar-refractivity contribution in [2.45, 2.75) is 12.5 Å². The molecule has 0 saturated heterocycles. The molecule has 0 amide bonds. The topological polar surface area (TPSA) is 55.4 Å². The van der Waals surface area contributed by atoms with Gasteiger partial charge in [0.1, 0.15) is 5.60 Å². The summed E-state index contributed by atoms with van der Waals surface area (Å²) in [5.74, 6) is 0. The fourth-order valence-electron chi connectivity index (χ4n) is 2.13. The van der Waals surface area contributed by atoms with Crippen molar-refractivity contribution in [2.75, 3.05) is 13.7 Å². The number of halogens is 1. The van der Waals surface area contributed by atoms with Gasteiger partial charge in [-0.25, -0.2) is 13.1 Å². The van der Waals surface area contributed by atoms with Crippen molar-refractivity contribution in [2.24, 2.45) is 0 Å². The zero-order valence-electron chi connectivity index (χ0n) is 13.6. The number of hydrogen-bond donors (Lipinski definition) is 1. The largest absolute Gasteiger partial charge is 0.372 e. The molecule has 24 heavy (non-hydrogen) atoms. The molecule has 0 saturated carbocycles. The molecule has 128 valence electrons. The maximum atomic E-state index is 12.2. The van der Waals surface area contributed by atoms with Crippen LogP contribution in [-0.4, -0.2) is 22.1 Å². The van der Waals surface area contributed by atoms with Crippen molar-refractivity contribution in [3.63, 3.8) is 0 Å². The number of hydrogen-bond acceptors (Lipinski definition) is 3. The maximum absolute atomic E-state index is 12.2. The molecule has 2 aromatic carbocycles. The minimum absolute atomic E-state index is 0.0886. The Morgan fingerprint density at radius 1 is 1.17 bits per heavy atom. The predicted molar refractivity (Wildman–Crippen MR) is 98.2 cm³/mol. The Hall–Kier alpha value is -1.66. The minimum Gasteiger partial charge on any atom is -0.372 e. The number of ether oxygens (including phenoxy) is 1. The van der Waals surface area contributed by atoms with E-state index >= 15 is 0 Å². The zero-order chi connectivity index (χ0) is 17.6. The number of sulfonamides is 1. The van der Waals surface area contributed by atoms with E-state index in [-0.39, 0.29) is 6.54 Å². The molecule has 0 spiro atoms. The van der Waals surface area contributed by atoms with Gasteiger partial charge in [0.05, 0.1) is 0 Å². The lowest BCUT2D eigenvalue weighted by molar-refractivity contribution is 0.00705. The highest BCUT2D eigenvalue weighted by atomic mass is 35.5. The quantitative estimate of drug-likeness (QED) is 0.812. The molecular weight excluding hydrogens is 346 g/mol. The van der Waals surface area contributed by atoms with Crippen molar-refractivity contribution < 1.29 is 13.2 Å². The molecule has 0 fully saturated rings. The minimum atomic E-state index is -3.58. The summed E-state index contributed by atoms with van der Waals surface area (Å²) in [7, 11) is -2.05. The van der Waals surface area contributed by atoms with Gasteiger partial charge in [0.25, 0.3) is 0 Å². The second-order valence-electron chi connectivity index (χ2n) is 5.52. The molecule has 2 rings (SSSR count). The summed E-state index contributed by atoms with van der Waals surface area (Å²) in [6.07, 6.45) is 1.55. The van der Waals surface area contributed by atoms with Gasteiger partial charge in [0.2, 0.25) is 10.0 Å². The Bertz CT molecular complexity index is 806. The highest BCUT2D eigenvalue weighted by molar-refractivity contribution is 7.92. The Balaban J connectivity index is 2.10. The van der Waals surface area contributed by atoms with Crippen LogP contribution in [0.15, 0.2) is 60.0 Å². The van der Waals surface area contributed by atoms with E-state index in [0.717, 1.165) is 16.5 Å². The molecule has 0 aliphatic carbocycles. The van der Waals surface area contributed by atoms with Crippen LogP contribution in [0.1, 0.15) is 18.1 Å². The van der Waals surface area contributed by atoms with Crippen molar-refractivity contribution in [1.82, 2.24) is 4.72 Å². The van der Waals surface area contributed by atoms with E-state index in [0.29, 0.717) is 5.02 Å². The molecule has 4 nitrogen and oxygen atoms in total. The van der Waals surface area contributed by atoms with E-state index in [1.807, 2.05) is 43.3 Å². The van der Waals surface area contributed by atoms with E-state index in [2.05, 4.69) is 4.72 Å². The van der Waals surface area contributed by atoms with Crippen LogP contribution < -0.4 is 4.72 Å². The van der Waals surface area contributed by atoms with Crippen LogP contribution in [0.25, 0.3) is 6.08 Å². The molecule has 0 aromatic heterocycles. The fraction of sp³-hybridized carbons (Fsp3) is 0.222. The monoisotopic (exact) mass is 365 g/mol. The van der Waals surface area contributed by atoms with E-state index in [9.17, 15) is 8.42 Å². The third-order valence-electron chi connectivity index (χ3n) is 3.74. The molecule has 1 atom stereocenters. The molecule has 0 aliphatic rings. The average Bonchev–Trinajstić information content (AvgIpc) is 2.59. The van der Waals surface area contributed by atoms with E-state index in [1.54, 1.807) is 24.3 Å². The summed E-state index contributed by atoms with van der Waals surface area (Å²) in [6, 6.07) is 16.4. The number of nitrogens with one attached hydrogen (secondary N) is 1. The lowest BCUT2D eigenvalue weighted by Gasteiger charge is -2.28. The second-order valence-corrected chi connectivity index (χ2v) is 7.61. The summed E-state index contributed by atoms with van der Waals surface area (Å²) < 4.78 is 32.5. The first-order valence-corrected chi connectivity index (χ1v) is 9.31. The Morgan fingerprint density at radius 2 is 1.88 bits per heavy atom. The van der Waals surface area contributed by atoms with Gasteiger partial charge in [-0.3, -0.25) is 0 Å². The molecule has 0 radical (unpaired) electrons. The third kappa shape index (κ3) is 5.18. The molecule has 0 bridgehead atoms. The standard InChI is InChI=1S/C18H20ClNO3S/c1-18(23-2,16-9-6-10-17(19)13-16)14-20-24(21,22)12-11-15-7-4-3-5-8-15/h3-13,20H,14H2,1-2H3. The highest BCUT2D eigenvalue weighted by Gasteiger charge is 2.28. The van der Waals surface area contributed by atoms with Crippen LogP contribution in [0.4, 0.5) is 0 Å². The summed E-state index contributed by atoms with van der Waals surface area (Å²) in [5, 5.41) is 1.72. The van der Waals surface area contributed by atoms with Gasteiger partial charge < -0.3 is 4.74 Å². The Kier molecular flexibility index (Phi) is 6.18. The lowest BCUT2D eigenvalue weighted by Crippen LogP contribution is -2.39. The van der Waals surface area contributed by atoms with E-state index < -0.39 is 15.6 Å². The first-order valence-electron chi connectivity index (χ1n) is 7.39. The fourth-order valence-corrected chi connectivity index (χ4v) is 3.23. The third-order valence-corrected chi connectivity index (χ3v) is 5.01. The Morgan fingerprint density at radius 3 is 2.50 bits per heavy atom. The number of methoxy groups -OCH3 is 1. The van der Waals surface area contributed by atoms with Gasteiger partial charge in [0.15, 0.2) is 0 Å². The molecule has 0 aliphatic heterocycles. The van der Waals surface area contributed by atoms with Crippen LogP contribution >= 0.6 is 11.6 Å². The van der Waals surface area contributed by atoms with Gasteiger partial charge in [-0.1, -0.05) is 54.1 Å². The van der Waals surface area contributed by atoms with Crippen molar-refractivity contribution >= 4 is 27.7 Å². The maximum Gasteiger partial charge on any atom is 0.233 e. The number of benzene rings is 2. The molecule has 2 aromatic rings. The van der Waals surface area contributed by atoms with Crippen LogP contribution in [0.3, 0.4) is 0 Å². The molecular formula is C18H20ClNO3S. The van der Waals surface area contributed by atoms with E-state index in [1.165, 1.54) is 7.11 Å². The van der Waals surface area contributed by atoms with Gasteiger partial charge in [-0.05, 0) is 36.3 Å². The van der Waals surface area contributed by atoms with E-state index in [4.69, 9.17) is 16.3 Å². The summed E-state index contributed by atoms with van der Waals surface area (Å²) >= 11 is 6.01. The molecule has 0 heterocycles. The van der Waals surface area contributed by atoms with Crippen LogP contribution in [0.2, 0.25) is 5.02 Å². The Labute approximate surface area is 148 Å². The van der Waals surface area contributed by atoms with Gasteiger partial charge >= 0.3 is 0 Å². The summed E-state index contributed by atoms with van der Waals surface area (Å²) in [6.45, 7) is 1.90. The van der Waals surface area contributed by atoms with Gasteiger partial charge in [-0.2, -0.15) is 0 Å². The van der Waals surface area contributed by atoms with Crippen molar-refractivity contribution in [3.05, 3.63) is 76.2 Å². The first-order chi connectivity index (χ1) is 11.3. The SMILES string of the molecule is COC(C)(CNS(=O)(=O)C=Cc1ccccc1)c1cccc(Cl)c1. The zero-order valence-corrected chi connectivity index (χ0v) is 15.1. The molecule has 6 heteroatoms. The first kappa shape index (κ1) is 18.7. The lowest BCUT2D eigenvalue weighted by atomic mass is 9.96. The smallest absolute Gasteiger partial charge is 0.233 e. The average molecular weight is 366 g/mol. The summed E-state index contributed by atoms with van der Waals surface area (Å²) in [4.78, 5) is 0. The normalized spacial score (nSPS) is 14.6. The van der Waals surface area contributed by atoms with Crippen LogP contribution in [-0.2, 0) is 20.4 Å². The highest BCUT2D eigenvalue weighted by Crippen LogP contribution is 2.26.